The summed E-state index contributed by atoms with van der Waals surface area (Å²) >= 11 is 5.63. The maximum atomic E-state index is 14.0. The molecule has 0 aliphatic rings. The Morgan fingerprint density at radius 3 is 2.54 bits per heavy atom. The third kappa shape index (κ3) is 3.26. The van der Waals surface area contributed by atoms with Crippen LogP contribution >= 0.6 is 11.6 Å². The van der Waals surface area contributed by atoms with Gasteiger partial charge < -0.3 is 10.3 Å². The first-order chi connectivity index (χ1) is 11.6. The van der Waals surface area contributed by atoms with Gasteiger partial charge in [0.25, 0.3) is 0 Å². The Morgan fingerprint density at radius 2 is 1.92 bits per heavy atom. The van der Waals surface area contributed by atoms with Crippen LogP contribution in [0.25, 0.3) is 11.4 Å². The number of aromatic nitrogens is 3. The molecule has 0 bridgehead atoms. The molecule has 122 valence electrons. The van der Waals surface area contributed by atoms with Gasteiger partial charge in [0.1, 0.15) is 5.82 Å². The number of benzene rings is 1. The molecule has 0 aliphatic heterocycles. The molecule has 2 N–H and O–H groups in total. The molecule has 0 amide bonds. The summed E-state index contributed by atoms with van der Waals surface area (Å²) in [6, 6.07) is 7.08. The van der Waals surface area contributed by atoms with Crippen LogP contribution in [0.15, 0.2) is 36.7 Å². The molecule has 0 aliphatic carbocycles. The summed E-state index contributed by atoms with van der Waals surface area (Å²) in [4.78, 5) is 21.0. The number of hydrogen-bond acceptors (Lipinski definition) is 4. The third-order valence-electron chi connectivity index (χ3n) is 3.37. The fourth-order valence-corrected chi connectivity index (χ4v) is 2.31. The molecule has 0 unspecified atom stereocenters. The van der Waals surface area contributed by atoms with Gasteiger partial charge in [-0.05, 0) is 5.56 Å². The van der Waals surface area contributed by atoms with Gasteiger partial charge in [-0.3, -0.25) is 4.79 Å². The van der Waals surface area contributed by atoms with Crippen LogP contribution in [-0.2, 0) is 6.54 Å². The van der Waals surface area contributed by atoms with Crippen LogP contribution in [0.3, 0.4) is 0 Å². The van der Waals surface area contributed by atoms with E-state index in [1.165, 1.54) is 6.20 Å². The highest BCUT2D eigenvalue weighted by molar-refractivity contribution is 6.30. The molecule has 0 radical (unpaired) electrons. The molecule has 0 saturated heterocycles. The van der Waals surface area contributed by atoms with Gasteiger partial charge in [-0.15, -0.1) is 0 Å². The molecule has 5 nitrogen and oxygen atoms in total. The number of aromatic amines is 1. The monoisotopic (exact) mass is 348 g/mol. The lowest BCUT2D eigenvalue weighted by molar-refractivity contribution is 0.112. The summed E-state index contributed by atoms with van der Waals surface area (Å²) in [6.45, 7) is 0.269. The number of aldehydes is 1. The Kier molecular flexibility index (Phi) is 4.52. The number of anilines is 1. The van der Waals surface area contributed by atoms with Crippen molar-refractivity contribution in [3.63, 3.8) is 0 Å². The van der Waals surface area contributed by atoms with E-state index < -0.39 is 11.8 Å². The van der Waals surface area contributed by atoms with Gasteiger partial charge in [-0.2, -0.15) is 4.39 Å². The van der Waals surface area contributed by atoms with Gasteiger partial charge in [-0.25, -0.2) is 14.4 Å². The van der Waals surface area contributed by atoms with Crippen molar-refractivity contribution in [1.29, 1.82) is 0 Å². The smallest absolute Gasteiger partial charge is 0.211 e. The second-order valence-electron chi connectivity index (χ2n) is 4.94. The number of carbonyl (C=O) groups is 1. The van der Waals surface area contributed by atoms with Crippen molar-refractivity contribution in [1.82, 2.24) is 15.0 Å². The van der Waals surface area contributed by atoms with Gasteiger partial charge in [0.2, 0.25) is 5.95 Å². The lowest BCUT2D eigenvalue weighted by Crippen LogP contribution is -2.06. The molecular formula is C16H11ClF2N4O. The second kappa shape index (κ2) is 6.76. The number of hydrogen-bond donors (Lipinski definition) is 2. The highest BCUT2D eigenvalue weighted by atomic mass is 35.5. The number of pyridine rings is 1. The van der Waals surface area contributed by atoms with Gasteiger partial charge in [0, 0.05) is 18.3 Å². The van der Waals surface area contributed by atoms with Crippen LogP contribution in [0, 0.1) is 11.8 Å². The molecule has 8 heteroatoms. The van der Waals surface area contributed by atoms with Crippen molar-refractivity contribution < 1.29 is 13.6 Å². The summed E-state index contributed by atoms with van der Waals surface area (Å²) in [6.07, 6.45) is 2.81. The predicted octanol–water partition coefficient (Wildman–Crippen LogP) is 3.83. The van der Waals surface area contributed by atoms with Gasteiger partial charge >= 0.3 is 0 Å². The molecule has 0 saturated carbocycles. The molecular weight excluding hydrogens is 338 g/mol. The van der Waals surface area contributed by atoms with Gasteiger partial charge in [0.15, 0.2) is 17.3 Å². The van der Waals surface area contributed by atoms with Crippen molar-refractivity contribution in [2.75, 3.05) is 5.32 Å². The highest BCUT2D eigenvalue weighted by Gasteiger charge is 2.13. The van der Waals surface area contributed by atoms with E-state index in [-0.39, 0.29) is 22.9 Å². The first-order valence-electron chi connectivity index (χ1n) is 6.91. The number of rotatable bonds is 5. The molecule has 24 heavy (non-hydrogen) atoms. The zero-order chi connectivity index (χ0) is 17.1. The van der Waals surface area contributed by atoms with Crippen LogP contribution < -0.4 is 5.32 Å². The molecule has 0 spiro atoms. The lowest BCUT2D eigenvalue weighted by atomic mass is 10.1. The number of nitrogens with one attached hydrogen (secondary N) is 2. The van der Waals surface area contributed by atoms with Crippen LogP contribution in [-0.4, -0.2) is 21.2 Å². The fourth-order valence-electron chi connectivity index (χ4n) is 2.16. The molecule has 2 heterocycles. The lowest BCUT2D eigenvalue weighted by Gasteiger charge is -2.10. The molecule has 0 atom stereocenters. The van der Waals surface area contributed by atoms with E-state index in [1.807, 2.05) is 0 Å². The van der Waals surface area contributed by atoms with Crippen molar-refractivity contribution in [2.45, 2.75) is 6.54 Å². The Hall–Kier alpha value is -2.80. The van der Waals surface area contributed by atoms with Gasteiger partial charge in [0.05, 0.1) is 17.4 Å². The SMILES string of the molecule is O=Cc1cnc(Cl)c(F)c1NCc1ccc(-c2ncc(F)[nH]2)cc1. The van der Waals surface area contributed by atoms with E-state index >= 15 is 0 Å². The zero-order valence-electron chi connectivity index (χ0n) is 12.2. The number of nitrogens with zero attached hydrogens (tertiary/aromatic N) is 2. The van der Waals surface area contributed by atoms with Gasteiger partial charge in [-0.1, -0.05) is 35.9 Å². The topological polar surface area (TPSA) is 70.7 Å². The van der Waals surface area contributed by atoms with E-state index in [1.54, 1.807) is 24.3 Å². The predicted molar refractivity (Wildman–Crippen MR) is 85.9 cm³/mol. The highest BCUT2D eigenvalue weighted by Crippen LogP contribution is 2.24. The number of carbonyl (C=O) groups excluding carboxylic acids is 1. The average molecular weight is 349 g/mol. The summed E-state index contributed by atoms with van der Waals surface area (Å²) in [5.41, 5.74) is 1.63. The number of imidazole rings is 1. The summed E-state index contributed by atoms with van der Waals surface area (Å²) in [5.74, 6) is -0.867. The minimum Gasteiger partial charge on any atom is -0.378 e. The van der Waals surface area contributed by atoms with E-state index in [0.29, 0.717) is 12.1 Å². The quantitative estimate of drug-likeness (QED) is 0.543. The van der Waals surface area contributed by atoms with E-state index in [4.69, 9.17) is 11.6 Å². The molecule has 2 aromatic heterocycles. The third-order valence-corrected chi connectivity index (χ3v) is 3.64. The maximum Gasteiger partial charge on any atom is 0.211 e. The molecule has 0 fully saturated rings. The van der Waals surface area contributed by atoms with Crippen LogP contribution in [0.2, 0.25) is 5.15 Å². The van der Waals surface area contributed by atoms with Crippen molar-refractivity contribution in [2.24, 2.45) is 0 Å². The fraction of sp³-hybridized carbons (Fsp3) is 0.0625. The van der Waals surface area contributed by atoms with E-state index in [2.05, 4.69) is 20.3 Å². The van der Waals surface area contributed by atoms with Crippen molar-refractivity contribution in [3.05, 3.63) is 64.7 Å². The standard InChI is InChI=1S/C16H11ClF2N4O/c17-15-13(19)14(11(8-24)6-21-15)20-5-9-1-3-10(4-2-9)16-22-7-12(18)23-16/h1-4,6-8H,5H2,(H,20,21)(H,22,23). The first kappa shape index (κ1) is 16.1. The van der Waals surface area contributed by atoms with Crippen molar-refractivity contribution >= 4 is 23.6 Å². The normalized spacial score (nSPS) is 10.6. The Morgan fingerprint density at radius 1 is 1.17 bits per heavy atom. The number of halogens is 3. The molecule has 1 aromatic carbocycles. The Labute approximate surface area is 140 Å². The summed E-state index contributed by atoms with van der Waals surface area (Å²) < 4.78 is 26.9. The number of H-pyrrole nitrogens is 1. The summed E-state index contributed by atoms with van der Waals surface area (Å²) in [7, 11) is 0. The second-order valence-corrected chi connectivity index (χ2v) is 5.30. The Balaban J connectivity index is 1.76. The van der Waals surface area contributed by atoms with Crippen molar-refractivity contribution in [3.8, 4) is 11.4 Å². The first-order valence-corrected chi connectivity index (χ1v) is 7.29. The zero-order valence-corrected chi connectivity index (χ0v) is 12.9. The Bertz CT molecular complexity index is 880. The van der Waals surface area contributed by atoms with Crippen LogP contribution in [0.1, 0.15) is 15.9 Å². The van der Waals surface area contributed by atoms with E-state index in [0.717, 1.165) is 17.3 Å². The minimum absolute atomic E-state index is 0.00202. The molecule has 3 rings (SSSR count). The maximum absolute atomic E-state index is 14.0. The average Bonchev–Trinajstić information content (AvgIpc) is 3.03. The summed E-state index contributed by atoms with van der Waals surface area (Å²) in [5, 5.41) is 2.53. The van der Waals surface area contributed by atoms with Crippen LogP contribution in [0.5, 0.6) is 0 Å². The largest absolute Gasteiger partial charge is 0.378 e. The van der Waals surface area contributed by atoms with Crippen LogP contribution in [0.4, 0.5) is 14.5 Å². The molecule has 3 aromatic rings. The minimum atomic E-state index is -0.774. The van der Waals surface area contributed by atoms with E-state index in [9.17, 15) is 13.6 Å².